The maximum atomic E-state index is 8.95. The molecule has 2 unspecified atom stereocenters. The average Bonchev–Trinajstić information content (AvgIpc) is 2.05. The van der Waals surface area contributed by atoms with Crippen LogP contribution in [0, 0.1) is 5.92 Å². The van der Waals surface area contributed by atoms with Gasteiger partial charge in [0.2, 0.25) is 0 Å². The van der Waals surface area contributed by atoms with Gasteiger partial charge in [-0.1, -0.05) is 32.6 Å². The summed E-state index contributed by atoms with van der Waals surface area (Å²) in [6.45, 7) is 2.18. The fourth-order valence-electron chi connectivity index (χ4n) is 1.97. The van der Waals surface area contributed by atoms with E-state index in [9.17, 15) is 0 Å². The number of rotatable bonds is 2. The van der Waals surface area contributed by atoms with Gasteiger partial charge in [0.15, 0.2) is 0 Å². The van der Waals surface area contributed by atoms with Crippen molar-refractivity contribution in [1.82, 2.24) is 0 Å². The molecule has 0 aromatic rings. The van der Waals surface area contributed by atoms with Crippen LogP contribution in [-0.2, 0) is 0 Å². The minimum absolute atomic E-state index is 0.147. The first kappa shape index (κ1) is 9.08. The van der Waals surface area contributed by atoms with Crippen molar-refractivity contribution >= 4 is 7.12 Å². The van der Waals surface area contributed by atoms with Crippen LogP contribution in [0.3, 0.4) is 0 Å². The van der Waals surface area contributed by atoms with E-state index in [1.54, 1.807) is 0 Å². The molecule has 1 rings (SSSR count). The molecule has 0 aliphatic heterocycles. The topological polar surface area (TPSA) is 40.5 Å². The highest BCUT2D eigenvalue weighted by atomic mass is 16.4. The van der Waals surface area contributed by atoms with Crippen LogP contribution in [0.2, 0.25) is 5.82 Å². The molecule has 0 radical (unpaired) electrons. The van der Waals surface area contributed by atoms with E-state index in [1.807, 2.05) is 0 Å². The first-order valence-electron chi connectivity index (χ1n) is 4.60. The van der Waals surface area contributed by atoms with Gasteiger partial charge in [-0.25, -0.2) is 0 Å². The Hall–Kier alpha value is -0.0151. The molecular weight excluding hydrogens is 139 g/mol. The summed E-state index contributed by atoms with van der Waals surface area (Å²) in [6, 6.07) is 0. The summed E-state index contributed by atoms with van der Waals surface area (Å²) in [5.41, 5.74) is 0. The molecule has 0 amide bonds. The van der Waals surface area contributed by atoms with Crippen LogP contribution >= 0.6 is 0 Å². The van der Waals surface area contributed by atoms with Crippen LogP contribution in [-0.4, -0.2) is 17.2 Å². The second kappa shape index (κ2) is 4.12. The Balaban J connectivity index is 2.33. The first-order chi connectivity index (χ1) is 5.24. The summed E-state index contributed by atoms with van der Waals surface area (Å²) < 4.78 is 0. The van der Waals surface area contributed by atoms with Gasteiger partial charge in [-0.3, -0.25) is 0 Å². The maximum Gasteiger partial charge on any atom is 0.454 e. The van der Waals surface area contributed by atoms with Gasteiger partial charge >= 0.3 is 7.12 Å². The molecule has 11 heavy (non-hydrogen) atoms. The Morgan fingerprint density at radius 1 is 1.36 bits per heavy atom. The quantitative estimate of drug-likeness (QED) is 0.593. The van der Waals surface area contributed by atoms with E-state index in [0.717, 1.165) is 18.8 Å². The van der Waals surface area contributed by atoms with Gasteiger partial charge in [-0.2, -0.15) is 0 Å². The molecule has 2 N–H and O–H groups in total. The van der Waals surface area contributed by atoms with E-state index in [0.29, 0.717) is 0 Å². The monoisotopic (exact) mass is 156 g/mol. The molecule has 1 aliphatic carbocycles. The summed E-state index contributed by atoms with van der Waals surface area (Å²) in [5, 5.41) is 17.9. The van der Waals surface area contributed by atoms with Crippen molar-refractivity contribution in [3.8, 4) is 0 Å². The zero-order valence-electron chi connectivity index (χ0n) is 7.16. The standard InChI is InChI=1S/C8H17BO2/c1-2-7-4-3-5-8(6-7)9(10)11/h7-8,10-11H,2-6H2,1H3. The van der Waals surface area contributed by atoms with Gasteiger partial charge < -0.3 is 10.0 Å². The third-order valence-electron chi connectivity index (χ3n) is 2.82. The van der Waals surface area contributed by atoms with Crippen molar-refractivity contribution in [2.75, 3.05) is 0 Å². The lowest BCUT2D eigenvalue weighted by atomic mass is 9.62. The minimum Gasteiger partial charge on any atom is -0.427 e. The molecular formula is C8H17BO2. The Kier molecular flexibility index (Phi) is 3.40. The predicted molar refractivity (Wildman–Crippen MR) is 46.2 cm³/mol. The third kappa shape index (κ3) is 2.49. The highest BCUT2D eigenvalue weighted by molar-refractivity contribution is 6.43. The van der Waals surface area contributed by atoms with Crippen LogP contribution in [0.5, 0.6) is 0 Å². The molecule has 1 saturated carbocycles. The Bertz CT molecular complexity index is 117. The molecule has 1 fully saturated rings. The van der Waals surface area contributed by atoms with Crippen molar-refractivity contribution in [2.24, 2.45) is 5.92 Å². The van der Waals surface area contributed by atoms with E-state index in [1.165, 1.54) is 19.3 Å². The molecule has 0 spiro atoms. The normalized spacial score (nSPS) is 31.9. The van der Waals surface area contributed by atoms with Crippen LogP contribution in [0.4, 0.5) is 0 Å². The molecule has 2 atom stereocenters. The van der Waals surface area contributed by atoms with Crippen molar-refractivity contribution in [1.29, 1.82) is 0 Å². The molecule has 2 nitrogen and oxygen atoms in total. The summed E-state index contributed by atoms with van der Waals surface area (Å²) >= 11 is 0. The molecule has 3 heteroatoms. The Morgan fingerprint density at radius 3 is 2.64 bits per heavy atom. The minimum atomic E-state index is -1.08. The lowest BCUT2D eigenvalue weighted by molar-refractivity contribution is 0.296. The highest BCUT2D eigenvalue weighted by Gasteiger charge is 2.28. The number of hydrogen-bond acceptors (Lipinski definition) is 2. The molecule has 0 bridgehead atoms. The fourth-order valence-corrected chi connectivity index (χ4v) is 1.97. The molecule has 0 aromatic heterocycles. The SMILES string of the molecule is CCC1CCCC(B(O)O)C1. The van der Waals surface area contributed by atoms with Crippen molar-refractivity contribution in [3.05, 3.63) is 0 Å². The van der Waals surface area contributed by atoms with Gasteiger partial charge in [0.1, 0.15) is 0 Å². The lowest BCUT2D eigenvalue weighted by Gasteiger charge is -2.27. The summed E-state index contributed by atoms with van der Waals surface area (Å²) in [5.74, 6) is 0.879. The van der Waals surface area contributed by atoms with Gasteiger partial charge in [0, 0.05) is 0 Å². The fraction of sp³-hybridized carbons (Fsp3) is 1.00. The zero-order valence-corrected chi connectivity index (χ0v) is 7.16. The van der Waals surface area contributed by atoms with Gasteiger partial charge in [0.05, 0.1) is 0 Å². The second-order valence-electron chi connectivity index (χ2n) is 3.61. The Morgan fingerprint density at radius 2 is 2.09 bits per heavy atom. The molecule has 1 aliphatic rings. The maximum absolute atomic E-state index is 8.95. The zero-order chi connectivity index (χ0) is 8.27. The predicted octanol–water partition coefficient (Wildman–Crippen LogP) is 1.43. The van der Waals surface area contributed by atoms with Gasteiger partial charge in [-0.15, -0.1) is 0 Å². The highest BCUT2D eigenvalue weighted by Crippen LogP contribution is 2.35. The van der Waals surface area contributed by atoms with E-state index in [-0.39, 0.29) is 5.82 Å². The summed E-state index contributed by atoms with van der Waals surface area (Å²) in [7, 11) is -1.08. The van der Waals surface area contributed by atoms with Crippen molar-refractivity contribution < 1.29 is 10.0 Å². The Labute approximate surface area is 68.8 Å². The third-order valence-corrected chi connectivity index (χ3v) is 2.82. The largest absolute Gasteiger partial charge is 0.454 e. The van der Waals surface area contributed by atoms with Crippen LogP contribution < -0.4 is 0 Å². The van der Waals surface area contributed by atoms with Crippen LogP contribution in [0.15, 0.2) is 0 Å². The average molecular weight is 156 g/mol. The number of hydrogen-bond donors (Lipinski definition) is 2. The van der Waals surface area contributed by atoms with E-state index in [4.69, 9.17) is 10.0 Å². The van der Waals surface area contributed by atoms with Gasteiger partial charge in [0.25, 0.3) is 0 Å². The van der Waals surface area contributed by atoms with Crippen molar-refractivity contribution in [3.63, 3.8) is 0 Å². The second-order valence-corrected chi connectivity index (χ2v) is 3.61. The smallest absolute Gasteiger partial charge is 0.427 e. The molecule has 0 heterocycles. The lowest BCUT2D eigenvalue weighted by Crippen LogP contribution is -2.25. The molecule has 0 aromatic carbocycles. The van der Waals surface area contributed by atoms with Crippen molar-refractivity contribution in [2.45, 2.75) is 44.8 Å². The van der Waals surface area contributed by atoms with E-state index >= 15 is 0 Å². The van der Waals surface area contributed by atoms with Gasteiger partial charge in [-0.05, 0) is 18.2 Å². The summed E-state index contributed by atoms with van der Waals surface area (Å²) in [6.07, 6.45) is 5.63. The molecule has 64 valence electrons. The van der Waals surface area contributed by atoms with E-state index in [2.05, 4.69) is 6.92 Å². The summed E-state index contributed by atoms with van der Waals surface area (Å²) in [4.78, 5) is 0. The first-order valence-corrected chi connectivity index (χ1v) is 4.60. The molecule has 0 saturated heterocycles. The van der Waals surface area contributed by atoms with Crippen LogP contribution in [0.1, 0.15) is 39.0 Å². The van der Waals surface area contributed by atoms with Crippen LogP contribution in [0.25, 0.3) is 0 Å². The van der Waals surface area contributed by atoms with E-state index < -0.39 is 7.12 Å².